The summed E-state index contributed by atoms with van der Waals surface area (Å²) in [5.74, 6) is 0.284. The quantitative estimate of drug-likeness (QED) is 0.226. The first kappa shape index (κ1) is 24.8. The van der Waals surface area contributed by atoms with Crippen molar-refractivity contribution in [1.82, 2.24) is 25.2 Å². The third-order valence-electron chi connectivity index (χ3n) is 5.40. The lowest BCUT2D eigenvalue weighted by molar-refractivity contribution is 0.0950. The van der Waals surface area contributed by atoms with Crippen LogP contribution in [0.4, 0.5) is 10.2 Å². The molecule has 1 amide bonds. The number of rotatable bonds is 12. The first-order valence-electron chi connectivity index (χ1n) is 11.8. The van der Waals surface area contributed by atoms with Crippen molar-refractivity contribution >= 4 is 11.7 Å². The molecule has 0 unspecified atom stereocenters. The van der Waals surface area contributed by atoms with E-state index < -0.39 is 0 Å². The normalized spacial score (nSPS) is 10.7. The Bertz CT molecular complexity index is 1270. The average molecular weight is 489 g/mol. The Morgan fingerprint density at radius 1 is 1.06 bits per heavy atom. The van der Waals surface area contributed by atoms with Crippen LogP contribution in [0.15, 0.2) is 73.2 Å². The zero-order valence-electron chi connectivity index (χ0n) is 19.8. The standard InChI is InChI=1S/C26H29FN8O/c27-22-5-1-4-19(14-22)10-13-32-35-18-21(16-33-35)24-9-8-20(15-30-24)26(36)31-17-23-6-2-7-25(34-23)29-12-3-11-28/h1-2,4-9,14-16,18,32H,3,10-13,17,28H2,(H,29,34)(H,31,36). The highest BCUT2D eigenvalue weighted by Crippen LogP contribution is 2.16. The molecule has 0 radical (unpaired) electrons. The number of anilines is 1. The third-order valence-corrected chi connectivity index (χ3v) is 5.40. The van der Waals surface area contributed by atoms with E-state index in [1.54, 1.807) is 29.2 Å². The van der Waals surface area contributed by atoms with Crippen molar-refractivity contribution in [2.75, 3.05) is 30.4 Å². The molecule has 5 N–H and O–H groups in total. The van der Waals surface area contributed by atoms with Gasteiger partial charge in [0.2, 0.25) is 0 Å². The first-order valence-corrected chi connectivity index (χ1v) is 11.8. The smallest absolute Gasteiger partial charge is 0.253 e. The summed E-state index contributed by atoms with van der Waals surface area (Å²) in [6.45, 7) is 2.27. The van der Waals surface area contributed by atoms with Gasteiger partial charge in [-0.2, -0.15) is 9.89 Å². The van der Waals surface area contributed by atoms with E-state index in [2.05, 4.69) is 31.1 Å². The number of nitrogens with one attached hydrogen (secondary N) is 3. The van der Waals surface area contributed by atoms with Gasteiger partial charge in [0.1, 0.15) is 11.6 Å². The molecule has 186 valence electrons. The van der Waals surface area contributed by atoms with Gasteiger partial charge in [-0.3, -0.25) is 9.78 Å². The van der Waals surface area contributed by atoms with Crippen molar-refractivity contribution in [3.63, 3.8) is 0 Å². The summed E-state index contributed by atoms with van der Waals surface area (Å²) in [4.78, 5) is 23.1. The molecule has 4 aromatic rings. The van der Waals surface area contributed by atoms with Crippen molar-refractivity contribution in [3.05, 3.63) is 95.8 Å². The van der Waals surface area contributed by atoms with Crippen LogP contribution in [0.2, 0.25) is 0 Å². The highest BCUT2D eigenvalue weighted by Gasteiger charge is 2.09. The third kappa shape index (κ3) is 7.09. The number of aromatic nitrogens is 4. The van der Waals surface area contributed by atoms with E-state index in [9.17, 15) is 9.18 Å². The van der Waals surface area contributed by atoms with Crippen LogP contribution < -0.4 is 21.8 Å². The Labute approximate surface area is 208 Å². The number of carbonyl (C=O) groups is 1. The molecule has 0 spiro atoms. The van der Waals surface area contributed by atoms with Crippen molar-refractivity contribution in [2.45, 2.75) is 19.4 Å². The molecule has 0 atom stereocenters. The fraction of sp³-hybridized carbons (Fsp3) is 0.231. The van der Waals surface area contributed by atoms with Crippen LogP contribution in [-0.2, 0) is 13.0 Å². The summed E-state index contributed by atoms with van der Waals surface area (Å²) in [5.41, 5.74) is 12.3. The number of carbonyl (C=O) groups excluding carboxylic acids is 1. The van der Waals surface area contributed by atoms with Crippen molar-refractivity contribution in [3.8, 4) is 11.3 Å². The molecule has 9 nitrogen and oxygen atoms in total. The van der Waals surface area contributed by atoms with Gasteiger partial charge < -0.3 is 21.8 Å². The van der Waals surface area contributed by atoms with Gasteiger partial charge in [0, 0.05) is 24.8 Å². The molecule has 3 heterocycles. The monoisotopic (exact) mass is 488 g/mol. The summed E-state index contributed by atoms with van der Waals surface area (Å²) in [5, 5.41) is 10.4. The second kappa shape index (κ2) is 12.4. The van der Waals surface area contributed by atoms with Gasteiger partial charge in [-0.1, -0.05) is 18.2 Å². The molecule has 0 aliphatic rings. The van der Waals surface area contributed by atoms with Gasteiger partial charge in [-0.25, -0.2) is 9.37 Å². The predicted molar refractivity (Wildman–Crippen MR) is 137 cm³/mol. The minimum absolute atomic E-state index is 0.230. The highest BCUT2D eigenvalue weighted by atomic mass is 19.1. The number of halogens is 1. The Morgan fingerprint density at radius 2 is 1.94 bits per heavy atom. The number of nitrogens with two attached hydrogens (primary N) is 1. The van der Waals surface area contributed by atoms with Gasteiger partial charge in [-0.05, 0) is 61.3 Å². The van der Waals surface area contributed by atoms with Gasteiger partial charge in [0.25, 0.3) is 5.91 Å². The molecule has 10 heteroatoms. The van der Waals surface area contributed by atoms with Crippen LogP contribution in [0.25, 0.3) is 11.3 Å². The lowest BCUT2D eigenvalue weighted by Gasteiger charge is -2.08. The number of benzene rings is 1. The minimum atomic E-state index is -0.241. The van der Waals surface area contributed by atoms with E-state index in [4.69, 9.17) is 5.73 Å². The molecule has 1 aromatic carbocycles. The van der Waals surface area contributed by atoms with E-state index >= 15 is 0 Å². The van der Waals surface area contributed by atoms with E-state index in [-0.39, 0.29) is 11.7 Å². The topological polar surface area (TPSA) is 123 Å². The lowest BCUT2D eigenvalue weighted by atomic mass is 10.1. The van der Waals surface area contributed by atoms with Gasteiger partial charge in [0.15, 0.2) is 0 Å². The van der Waals surface area contributed by atoms with E-state index in [0.29, 0.717) is 37.3 Å². The fourth-order valence-electron chi connectivity index (χ4n) is 3.52. The van der Waals surface area contributed by atoms with Crippen LogP contribution in [0.1, 0.15) is 28.0 Å². The fourth-order valence-corrected chi connectivity index (χ4v) is 3.52. The predicted octanol–water partition coefficient (Wildman–Crippen LogP) is 2.96. The largest absolute Gasteiger partial charge is 0.370 e. The van der Waals surface area contributed by atoms with Crippen LogP contribution in [0, 0.1) is 5.82 Å². The Balaban J connectivity index is 1.27. The summed E-state index contributed by atoms with van der Waals surface area (Å²) in [7, 11) is 0. The molecule has 4 rings (SSSR count). The second-order valence-corrected chi connectivity index (χ2v) is 8.16. The number of hydrogen-bond donors (Lipinski definition) is 4. The number of pyridine rings is 2. The first-order chi connectivity index (χ1) is 17.6. The molecule has 3 aromatic heterocycles. The maximum atomic E-state index is 13.3. The van der Waals surface area contributed by atoms with Gasteiger partial charge in [0.05, 0.1) is 35.9 Å². The Kier molecular flexibility index (Phi) is 8.55. The molecular weight excluding hydrogens is 459 g/mol. The average Bonchev–Trinajstić information content (AvgIpc) is 3.37. The zero-order chi connectivity index (χ0) is 25.2. The molecule has 0 aliphatic heterocycles. The molecule has 0 saturated heterocycles. The van der Waals surface area contributed by atoms with Crippen LogP contribution in [0.3, 0.4) is 0 Å². The number of amides is 1. The summed E-state index contributed by atoms with van der Waals surface area (Å²) < 4.78 is 13.3. The molecule has 36 heavy (non-hydrogen) atoms. The highest BCUT2D eigenvalue weighted by molar-refractivity contribution is 5.94. The Hall–Kier alpha value is -4.31. The van der Waals surface area contributed by atoms with E-state index in [1.807, 2.05) is 30.5 Å². The zero-order valence-corrected chi connectivity index (χ0v) is 19.8. The van der Waals surface area contributed by atoms with Crippen LogP contribution in [-0.4, -0.2) is 45.4 Å². The van der Waals surface area contributed by atoms with Crippen LogP contribution in [0.5, 0.6) is 0 Å². The molecule has 0 fully saturated rings. The van der Waals surface area contributed by atoms with Gasteiger partial charge in [-0.15, -0.1) is 0 Å². The van der Waals surface area contributed by atoms with Crippen molar-refractivity contribution in [2.24, 2.45) is 5.73 Å². The van der Waals surface area contributed by atoms with Crippen molar-refractivity contribution < 1.29 is 9.18 Å². The Morgan fingerprint density at radius 3 is 2.75 bits per heavy atom. The van der Waals surface area contributed by atoms with Crippen molar-refractivity contribution in [1.29, 1.82) is 0 Å². The molecule has 0 saturated carbocycles. The maximum Gasteiger partial charge on any atom is 0.253 e. The molecular formula is C26H29FN8O. The number of hydrogen-bond acceptors (Lipinski definition) is 7. The van der Waals surface area contributed by atoms with E-state index in [1.165, 1.54) is 18.3 Å². The summed E-state index contributed by atoms with van der Waals surface area (Å²) in [6, 6.07) is 15.7. The van der Waals surface area contributed by atoms with E-state index in [0.717, 1.165) is 35.6 Å². The SMILES string of the molecule is NCCCNc1cccc(CNC(=O)c2ccc(-c3cnn(NCCc4cccc(F)c4)c3)nc2)n1. The minimum Gasteiger partial charge on any atom is -0.370 e. The maximum absolute atomic E-state index is 13.3. The molecule has 0 bridgehead atoms. The number of nitrogens with zero attached hydrogens (tertiary/aromatic N) is 4. The summed E-state index contributed by atoms with van der Waals surface area (Å²) in [6.07, 6.45) is 6.57. The second-order valence-electron chi connectivity index (χ2n) is 8.16. The van der Waals surface area contributed by atoms with Gasteiger partial charge >= 0.3 is 0 Å². The molecule has 0 aliphatic carbocycles. The summed E-state index contributed by atoms with van der Waals surface area (Å²) >= 11 is 0. The lowest BCUT2D eigenvalue weighted by Crippen LogP contribution is -2.23. The van der Waals surface area contributed by atoms with Crippen LogP contribution >= 0.6 is 0 Å².